The van der Waals surface area contributed by atoms with Gasteiger partial charge in [-0.1, -0.05) is 36.4 Å². The van der Waals surface area contributed by atoms with E-state index >= 15 is 0 Å². The highest BCUT2D eigenvalue weighted by Gasteiger charge is 2.20. The van der Waals surface area contributed by atoms with Crippen LogP contribution in [0.3, 0.4) is 0 Å². The van der Waals surface area contributed by atoms with Crippen molar-refractivity contribution in [2.75, 3.05) is 11.1 Å². The summed E-state index contributed by atoms with van der Waals surface area (Å²) in [5.41, 5.74) is 13.8. The van der Waals surface area contributed by atoms with Gasteiger partial charge in [0.25, 0.3) is 11.5 Å². The van der Waals surface area contributed by atoms with Crippen molar-refractivity contribution in [1.82, 2.24) is 14.5 Å². The molecule has 0 fully saturated rings. The third-order valence-electron chi connectivity index (χ3n) is 5.50. The first-order valence-corrected chi connectivity index (χ1v) is 10.2. The van der Waals surface area contributed by atoms with Gasteiger partial charge in [-0.3, -0.25) is 19.6 Å². The SMILES string of the molecule is Cc1ccccc1-n1c(CNc2ncnc(N)c2C(=N)C(N)=O)cc2cccc(C)c2c1=O. The van der Waals surface area contributed by atoms with E-state index in [-0.39, 0.29) is 29.3 Å². The Hall–Kier alpha value is -4.53. The molecule has 9 heteroatoms. The molecule has 0 radical (unpaired) electrons. The van der Waals surface area contributed by atoms with E-state index in [4.69, 9.17) is 16.9 Å². The number of nitrogens with two attached hydrogens (primary N) is 2. The molecule has 0 atom stereocenters. The number of primary amides is 1. The number of nitrogens with zero attached hydrogens (tertiary/aromatic N) is 3. The number of carbonyl (C=O) groups is 1. The second-order valence-corrected chi connectivity index (χ2v) is 7.68. The normalized spacial score (nSPS) is 10.8. The van der Waals surface area contributed by atoms with E-state index in [2.05, 4.69) is 15.3 Å². The lowest BCUT2D eigenvalue weighted by Gasteiger charge is -2.19. The zero-order valence-electron chi connectivity index (χ0n) is 18.2. The summed E-state index contributed by atoms with van der Waals surface area (Å²) in [5.74, 6) is -0.807. The number of nitrogen functional groups attached to an aromatic ring is 1. The topological polar surface area (TPSA) is 153 Å². The van der Waals surface area contributed by atoms with Crippen molar-refractivity contribution >= 4 is 34.0 Å². The minimum absolute atomic E-state index is 0.0198. The van der Waals surface area contributed by atoms with Gasteiger partial charge >= 0.3 is 0 Å². The molecule has 2 heterocycles. The standard InChI is InChI=1S/C24H23N7O2/c1-13-6-3-4-9-17(13)31-16(10-15-8-5-7-14(2)18(15)24(31)33)11-28-23-19(20(25)22(27)32)21(26)29-12-30-23/h3-10,12,25H,11H2,1-2H3,(H2,27,32)(H3,26,28,29,30). The van der Waals surface area contributed by atoms with E-state index in [1.54, 1.807) is 4.57 Å². The Morgan fingerprint density at radius 2 is 1.82 bits per heavy atom. The Labute approximate surface area is 189 Å². The van der Waals surface area contributed by atoms with Crippen molar-refractivity contribution in [3.8, 4) is 5.69 Å². The van der Waals surface area contributed by atoms with Gasteiger partial charge in [0.2, 0.25) is 0 Å². The van der Waals surface area contributed by atoms with E-state index < -0.39 is 11.6 Å². The summed E-state index contributed by atoms with van der Waals surface area (Å²) in [6, 6.07) is 15.3. The number of carbonyl (C=O) groups excluding carboxylic acids is 1. The molecule has 0 unspecified atom stereocenters. The minimum atomic E-state index is -0.947. The van der Waals surface area contributed by atoms with Crippen LogP contribution in [0.15, 0.2) is 59.7 Å². The molecule has 0 spiro atoms. The predicted octanol–water partition coefficient (Wildman–Crippen LogP) is 2.45. The Balaban J connectivity index is 1.88. The highest BCUT2D eigenvalue weighted by atomic mass is 16.1. The number of pyridine rings is 1. The Kier molecular flexibility index (Phi) is 5.61. The summed E-state index contributed by atoms with van der Waals surface area (Å²) >= 11 is 0. The largest absolute Gasteiger partial charge is 0.383 e. The maximum atomic E-state index is 13.6. The maximum Gasteiger partial charge on any atom is 0.267 e. The van der Waals surface area contributed by atoms with Crippen LogP contribution >= 0.6 is 0 Å². The first-order chi connectivity index (χ1) is 15.8. The number of hydrogen-bond donors (Lipinski definition) is 4. The van der Waals surface area contributed by atoms with E-state index in [0.717, 1.165) is 22.2 Å². The molecule has 33 heavy (non-hydrogen) atoms. The zero-order chi connectivity index (χ0) is 23.7. The quantitative estimate of drug-likeness (QED) is 0.337. The van der Waals surface area contributed by atoms with Crippen molar-refractivity contribution in [3.63, 3.8) is 0 Å². The van der Waals surface area contributed by atoms with Crippen molar-refractivity contribution < 1.29 is 4.79 Å². The summed E-state index contributed by atoms with van der Waals surface area (Å²) in [6.45, 7) is 4.02. The van der Waals surface area contributed by atoms with Gasteiger partial charge in [-0.05, 0) is 42.5 Å². The van der Waals surface area contributed by atoms with E-state index in [0.29, 0.717) is 11.1 Å². The fraction of sp³-hybridized carbons (Fsp3) is 0.125. The van der Waals surface area contributed by atoms with Crippen LogP contribution in [0.25, 0.3) is 16.5 Å². The van der Waals surface area contributed by atoms with E-state index in [1.165, 1.54) is 6.33 Å². The minimum Gasteiger partial charge on any atom is -0.383 e. The van der Waals surface area contributed by atoms with Crippen LogP contribution in [-0.4, -0.2) is 26.2 Å². The van der Waals surface area contributed by atoms with Gasteiger partial charge in [0.1, 0.15) is 23.7 Å². The van der Waals surface area contributed by atoms with Crippen LogP contribution in [0.5, 0.6) is 0 Å². The van der Waals surface area contributed by atoms with Crippen LogP contribution < -0.4 is 22.3 Å². The lowest BCUT2D eigenvalue weighted by molar-refractivity contribution is -0.112. The summed E-state index contributed by atoms with van der Waals surface area (Å²) in [5, 5.41) is 12.6. The first-order valence-electron chi connectivity index (χ1n) is 10.2. The highest BCUT2D eigenvalue weighted by molar-refractivity contribution is 6.45. The van der Waals surface area contributed by atoms with Crippen molar-refractivity contribution in [2.45, 2.75) is 20.4 Å². The third kappa shape index (κ3) is 3.91. The molecule has 0 aliphatic heterocycles. The van der Waals surface area contributed by atoms with Crippen LogP contribution in [-0.2, 0) is 11.3 Å². The first kappa shape index (κ1) is 21.7. The number of rotatable bonds is 6. The number of nitrogens with one attached hydrogen (secondary N) is 2. The fourth-order valence-corrected chi connectivity index (χ4v) is 3.87. The van der Waals surface area contributed by atoms with Gasteiger partial charge in [0.05, 0.1) is 23.2 Å². The van der Waals surface area contributed by atoms with Crippen molar-refractivity contribution in [3.05, 3.63) is 87.6 Å². The average Bonchev–Trinajstić information content (AvgIpc) is 2.78. The molecule has 1 amide bonds. The second-order valence-electron chi connectivity index (χ2n) is 7.68. The molecule has 0 saturated heterocycles. The van der Waals surface area contributed by atoms with Crippen molar-refractivity contribution in [1.29, 1.82) is 5.41 Å². The Morgan fingerprint density at radius 1 is 1.09 bits per heavy atom. The molecule has 9 nitrogen and oxygen atoms in total. The lowest BCUT2D eigenvalue weighted by Crippen LogP contribution is -2.27. The van der Waals surface area contributed by atoms with Gasteiger partial charge in [-0.2, -0.15) is 0 Å². The third-order valence-corrected chi connectivity index (χ3v) is 5.50. The van der Waals surface area contributed by atoms with Gasteiger partial charge in [-0.25, -0.2) is 9.97 Å². The molecular formula is C24H23N7O2. The number of anilines is 2. The molecule has 6 N–H and O–H groups in total. The summed E-state index contributed by atoms with van der Waals surface area (Å²) in [6.07, 6.45) is 1.23. The molecule has 166 valence electrons. The van der Waals surface area contributed by atoms with Crippen molar-refractivity contribution in [2.24, 2.45) is 5.73 Å². The second kappa shape index (κ2) is 8.54. The maximum absolute atomic E-state index is 13.6. The van der Waals surface area contributed by atoms with Crippen LogP contribution in [0, 0.1) is 19.3 Å². The highest BCUT2D eigenvalue weighted by Crippen LogP contribution is 2.23. The Bertz CT molecular complexity index is 1470. The molecule has 2 aromatic heterocycles. The molecule has 0 saturated carbocycles. The number of benzene rings is 2. The van der Waals surface area contributed by atoms with Gasteiger partial charge in [0, 0.05) is 5.69 Å². The summed E-state index contributed by atoms with van der Waals surface area (Å²) in [4.78, 5) is 33.2. The number of aryl methyl sites for hydroxylation is 2. The predicted molar refractivity (Wildman–Crippen MR) is 129 cm³/mol. The van der Waals surface area contributed by atoms with E-state index in [9.17, 15) is 9.59 Å². The smallest absolute Gasteiger partial charge is 0.267 e. The molecule has 4 rings (SSSR count). The lowest BCUT2D eigenvalue weighted by atomic mass is 10.1. The summed E-state index contributed by atoms with van der Waals surface area (Å²) in [7, 11) is 0. The van der Waals surface area contributed by atoms with Gasteiger partial charge in [-0.15, -0.1) is 0 Å². The summed E-state index contributed by atoms with van der Waals surface area (Å²) < 4.78 is 1.67. The molecule has 0 bridgehead atoms. The molecule has 4 aromatic rings. The van der Waals surface area contributed by atoms with Gasteiger partial charge in [0.15, 0.2) is 0 Å². The number of aromatic nitrogens is 3. The number of fused-ring (bicyclic) bond motifs is 1. The fourth-order valence-electron chi connectivity index (χ4n) is 3.87. The average molecular weight is 441 g/mol. The monoisotopic (exact) mass is 441 g/mol. The van der Waals surface area contributed by atoms with Crippen LogP contribution in [0.1, 0.15) is 22.4 Å². The van der Waals surface area contributed by atoms with E-state index in [1.807, 2.05) is 62.4 Å². The molecule has 0 aliphatic carbocycles. The Morgan fingerprint density at radius 3 is 2.55 bits per heavy atom. The van der Waals surface area contributed by atoms with Crippen LogP contribution in [0.2, 0.25) is 0 Å². The zero-order valence-corrected chi connectivity index (χ0v) is 18.2. The molecular weight excluding hydrogens is 418 g/mol. The molecule has 2 aromatic carbocycles. The number of amides is 1. The van der Waals surface area contributed by atoms with Crippen LogP contribution in [0.4, 0.5) is 11.6 Å². The number of hydrogen-bond acceptors (Lipinski definition) is 7. The molecule has 0 aliphatic rings. The number of para-hydroxylation sites is 1. The van der Waals surface area contributed by atoms with Gasteiger partial charge < -0.3 is 16.8 Å².